The Bertz CT molecular complexity index is 848. The summed E-state index contributed by atoms with van der Waals surface area (Å²) in [6.07, 6.45) is -3.37. The minimum absolute atomic E-state index is 0.0375. The summed E-state index contributed by atoms with van der Waals surface area (Å²) in [6.45, 7) is -0.211. The first-order valence-electron chi connectivity index (χ1n) is 8.08. The number of rotatable bonds is 6. The lowest BCUT2D eigenvalue weighted by atomic mass is 10.1. The van der Waals surface area contributed by atoms with Crippen molar-refractivity contribution in [1.82, 2.24) is 5.32 Å². The molecule has 0 saturated carbocycles. The van der Waals surface area contributed by atoms with E-state index >= 15 is 0 Å². The van der Waals surface area contributed by atoms with Crippen molar-refractivity contribution in [2.45, 2.75) is 19.0 Å². The van der Waals surface area contributed by atoms with Gasteiger partial charge in [-0.15, -0.1) is 0 Å². The molecule has 3 N–H and O–H groups in total. The molecule has 0 atom stereocenters. The highest BCUT2D eigenvalue weighted by Gasteiger charge is 2.33. The summed E-state index contributed by atoms with van der Waals surface area (Å²) in [4.78, 5) is 11.7. The van der Waals surface area contributed by atoms with E-state index in [4.69, 9.17) is 28.3 Å². The van der Waals surface area contributed by atoms with Crippen LogP contribution >= 0.6 is 23.2 Å². The van der Waals surface area contributed by atoms with Crippen LogP contribution in [0.4, 0.5) is 23.2 Å². The number of aliphatic hydroxyl groups is 1. The second-order valence-corrected chi connectivity index (χ2v) is 6.68. The third-order valence-corrected chi connectivity index (χ3v) is 4.36. The number of alkyl halides is 3. The number of benzene rings is 1. The molecule has 0 radical (unpaired) electrons. The van der Waals surface area contributed by atoms with E-state index in [2.05, 4.69) is 10.6 Å². The van der Waals surface area contributed by atoms with E-state index in [1.54, 1.807) is 0 Å². The molecule has 4 nitrogen and oxygen atoms in total. The van der Waals surface area contributed by atoms with Gasteiger partial charge in [0.2, 0.25) is 5.91 Å². The standard InChI is InChI=1S/C18H16Cl2F4N2O2/c19-13-3-1-11(18(22,23)24)9-14(20)17(13)26-12-2-4-15(21)10(7-12)8-16(28)25-5-6-27/h1-2,4,7,9,26-27H,3,5-6,8H2,(H,25,28). The monoisotopic (exact) mass is 438 g/mol. The third-order valence-electron chi connectivity index (χ3n) is 3.72. The molecule has 1 aromatic rings. The minimum atomic E-state index is -4.57. The maximum Gasteiger partial charge on any atom is 0.416 e. The van der Waals surface area contributed by atoms with E-state index in [0.29, 0.717) is 5.69 Å². The molecule has 1 aliphatic carbocycles. The Balaban J connectivity index is 2.23. The molecule has 0 spiro atoms. The van der Waals surface area contributed by atoms with Crippen molar-refractivity contribution in [1.29, 1.82) is 0 Å². The van der Waals surface area contributed by atoms with E-state index in [1.165, 1.54) is 12.1 Å². The molecule has 1 aromatic carbocycles. The van der Waals surface area contributed by atoms with Crippen LogP contribution < -0.4 is 10.6 Å². The predicted octanol–water partition coefficient (Wildman–Crippen LogP) is 4.35. The molecule has 0 heterocycles. The second-order valence-electron chi connectivity index (χ2n) is 5.82. The number of hydrogen-bond acceptors (Lipinski definition) is 3. The van der Waals surface area contributed by atoms with Crippen LogP contribution in [-0.4, -0.2) is 30.3 Å². The molecular formula is C18H16Cl2F4N2O2. The predicted molar refractivity (Wildman–Crippen MR) is 99.4 cm³/mol. The maximum absolute atomic E-state index is 14.0. The molecule has 0 saturated heterocycles. The highest BCUT2D eigenvalue weighted by atomic mass is 35.5. The summed E-state index contributed by atoms with van der Waals surface area (Å²) < 4.78 is 52.8. The quantitative estimate of drug-likeness (QED) is 0.578. The maximum atomic E-state index is 14.0. The highest BCUT2D eigenvalue weighted by molar-refractivity contribution is 6.36. The van der Waals surface area contributed by atoms with Gasteiger partial charge in [-0.2, -0.15) is 13.2 Å². The number of hydrogen-bond donors (Lipinski definition) is 3. The molecule has 0 fully saturated rings. The average Bonchev–Trinajstić information content (AvgIpc) is 2.75. The van der Waals surface area contributed by atoms with Crippen molar-refractivity contribution < 1.29 is 27.5 Å². The Labute approximate surface area is 168 Å². The smallest absolute Gasteiger partial charge is 0.395 e. The van der Waals surface area contributed by atoms with Gasteiger partial charge in [-0.3, -0.25) is 4.79 Å². The Kier molecular flexibility index (Phi) is 7.51. The molecule has 2 rings (SSSR count). The summed E-state index contributed by atoms with van der Waals surface area (Å²) >= 11 is 12.1. The Morgan fingerprint density at radius 3 is 2.61 bits per heavy atom. The van der Waals surface area contributed by atoms with Crippen LogP contribution in [0.5, 0.6) is 0 Å². The average molecular weight is 439 g/mol. The lowest BCUT2D eigenvalue weighted by Gasteiger charge is -2.14. The van der Waals surface area contributed by atoms with Gasteiger partial charge in [-0.05, 0) is 29.8 Å². The number of carbonyl (C=O) groups is 1. The zero-order valence-electron chi connectivity index (χ0n) is 14.3. The SMILES string of the molecule is O=C(Cc1cc(NC2=C(Cl)CC=C(C(F)(F)F)C=C2Cl)ccc1F)NCCO. The summed E-state index contributed by atoms with van der Waals surface area (Å²) in [5.41, 5.74) is -0.518. The van der Waals surface area contributed by atoms with Gasteiger partial charge in [0.25, 0.3) is 0 Å². The second kappa shape index (κ2) is 9.45. The number of anilines is 1. The molecule has 28 heavy (non-hydrogen) atoms. The van der Waals surface area contributed by atoms with E-state index in [9.17, 15) is 22.4 Å². The number of allylic oxidation sites excluding steroid dienone is 5. The first-order valence-corrected chi connectivity index (χ1v) is 8.84. The van der Waals surface area contributed by atoms with E-state index in [0.717, 1.165) is 18.2 Å². The van der Waals surface area contributed by atoms with Crippen molar-refractivity contribution in [2.75, 3.05) is 18.5 Å². The lowest BCUT2D eigenvalue weighted by Crippen LogP contribution is -2.28. The Morgan fingerprint density at radius 2 is 1.96 bits per heavy atom. The topological polar surface area (TPSA) is 61.4 Å². The van der Waals surface area contributed by atoms with Crippen molar-refractivity contribution in [3.63, 3.8) is 0 Å². The van der Waals surface area contributed by atoms with Gasteiger partial charge < -0.3 is 15.7 Å². The number of amides is 1. The van der Waals surface area contributed by atoms with Crippen LogP contribution in [0, 0.1) is 5.82 Å². The van der Waals surface area contributed by atoms with Crippen LogP contribution in [0.2, 0.25) is 0 Å². The zero-order valence-corrected chi connectivity index (χ0v) is 15.9. The van der Waals surface area contributed by atoms with E-state index in [1.807, 2.05) is 0 Å². The van der Waals surface area contributed by atoms with Crippen molar-refractivity contribution in [2.24, 2.45) is 0 Å². The minimum Gasteiger partial charge on any atom is -0.395 e. The number of aliphatic hydroxyl groups excluding tert-OH is 1. The fourth-order valence-corrected chi connectivity index (χ4v) is 2.94. The van der Waals surface area contributed by atoms with Gasteiger partial charge in [-0.25, -0.2) is 4.39 Å². The lowest BCUT2D eigenvalue weighted by molar-refractivity contribution is -0.120. The van der Waals surface area contributed by atoms with Crippen molar-refractivity contribution in [3.05, 3.63) is 63.1 Å². The van der Waals surface area contributed by atoms with E-state index in [-0.39, 0.29) is 47.3 Å². The first kappa shape index (κ1) is 22.3. The number of nitrogens with one attached hydrogen (secondary N) is 2. The van der Waals surface area contributed by atoms with Gasteiger partial charge in [0, 0.05) is 23.7 Å². The third kappa shape index (κ3) is 5.98. The zero-order chi connectivity index (χ0) is 20.9. The largest absolute Gasteiger partial charge is 0.416 e. The molecule has 0 aliphatic heterocycles. The molecule has 0 aromatic heterocycles. The normalized spacial score (nSPS) is 15.0. The first-order chi connectivity index (χ1) is 13.1. The molecule has 10 heteroatoms. The summed E-state index contributed by atoms with van der Waals surface area (Å²) in [5, 5.41) is 13.7. The van der Waals surface area contributed by atoms with Crippen molar-refractivity contribution >= 4 is 34.8 Å². The van der Waals surface area contributed by atoms with Gasteiger partial charge in [0.1, 0.15) is 5.82 Å². The van der Waals surface area contributed by atoms with Crippen LogP contribution in [0.15, 0.2) is 51.7 Å². The van der Waals surface area contributed by atoms with Crippen LogP contribution in [-0.2, 0) is 11.2 Å². The van der Waals surface area contributed by atoms with Gasteiger partial charge in [-0.1, -0.05) is 29.3 Å². The summed E-state index contributed by atoms with van der Waals surface area (Å²) in [5.74, 6) is -1.12. The Morgan fingerprint density at radius 1 is 1.25 bits per heavy atom. The van der Waals surface area contributed by atoms with Crippen LogP contribution in [0.3, 0.4) is 0 Å². The highest BCUT2D eigenvalue weighted by Crippen LogP contribution is 2.36. The van der Waals surface area contributed by atoms with Gasteiger partial charge in [0.05, 0.1) is 29.3 Å². The molecular weight excluding hydrogens is 423 g/mol. The van der Waals surface area contributed by atoms with E-state index < -0.39 is 23.5 Å². The molecule has 0 unspecified atom stereocenters. The number of carbonyl (C=O) groups excluding carboxylic acids is 1. The van der Waals surface area contributed by atoms with Crippen molar-refractivity contribution in [3.8, 4) is 0 Å². The number of halogens is 6. The van der Waals surface area contributed by atoms with Crippen LogP contribution in [0.25, 0.3) is 0 Å². The van der Waals surface area contributed by atoms with Gasteiger partial charge in [0.15, 0.2) is 0 Å². The van der Waals surface area contributed by atoms with Crippen LogP contribution in [0.1, 0.15) is 12.0 Å². The molecule has 1 amide bonds. The fourth-order valence-electron chi connectivity index (χ4n) is 2.39. The Hall–Kier alpha value is -2.03. The van der Waals surface area contributed by atoms with Gasteiger partial charge >= 0.3 is 6.18 Å². The molecule has 0 bridgehead atoms. The summed E-state index contributed by atoms with van der Waals surface area (Å²) in [6, 6.07) is 3.78. The molecule has 152 valence electrons. The fraction of sp³-hybridized carbons (Fsp3) is 0.278. The summed E-state index contributed by atoms with van der Waals surface area (Å²) in [7, 11) is 0. The molecule has 1 aliphatic rings.